The third-order valence-corrected chi connectivity index (χ3v) is 3.15. The highest BCUT2D eigenvalue weighted by atomic mass is 16.3. The minimum atomic E-state index is -0.165. The second kappa shape index (κ2) is 5.05. The Morgan fingerprint density at radius 2 is 1.70 bits per heavy atom. The maximum Gasteiger partial charge on any atom is 0.255 e. The van der Waals surface area contributed by atoms with E-state index < -0.39 is 0 Å². The Labute approximate surface area is 116 Å². The van der Waals surface area contributed by atoms with Crippen LogP contribution in [0.2, 0.25) is 0 Å². The van der Waals surface area contributed by atoms with E-state index in [1.807, 2.05) is 42.5 Å². The van der Waals surface area contributed by atoms with Gasteiger partial charge in [0.05, 0.1) is 0 Å². The number of benzene rings is 3. The van der Waals surface area contributed by atoms with Crippen LogP contribution in [0.1, 0.15) is 10.4 Å². The van der Waals surface area contributed by atoms with E-state index >= 15 is 0 Å². The molecule has 0 saturated heterocycles. The molecule has 0 spiro atoms. The first-order valence-electron chi connectivity index (χ1n) is 6.32. The predicted octanol–water partition coefficient (Wildman–Crippen LogP) is 3.80. The van der Waals surface area contributed by atoms with Crippen molar-refractivity contribution in [3.63, 3.8) is 0 Å². The summed E-state index contributed by atoms with van der Waals surface area (Å²) in [5, 5.41) is 14.3. The average molecular weight is 263 g/mol. The number of nitrogens with one attached hydrogen (secondary N) is 1. The van der Waals surface area contributed by atoms with Gasteiger partial charge in [-0.3, -0.25) is 4.79 Å². The van der Waals surface area contributed by atoms with Gasteiger partial charge < -0.3 is 10.4 Å². The number of hydrogen-bond donors (Lipinski definition) is 2. The zero-order valence-corrected chi connectivity index (χ0v) is 10.7. The van der Waals surface area contributed by atoms with Gasteiger partial charge in [-0.2, -0.15) is 0 Å². The van der Waals surface area contributed by atoms with Crippen LogP contribution in [-0.4, -0.2) is 11.0 Å². The van der Waals surface area contributed by atoms with Crippen LogP contribution in [0.3, 0.4) is 0 Å². The van der Waals surface area contributed by atoms with Crippen molar-refractivity contribution in [1.29, 1.82) is 0 Å². The van der Waals surface area contributed by atoms with Crippen LogP contribution in [0.4, 0.5) is 5.69 Å². The maximum absolute atomic E-state index is 12.2. The van der Waals surface area contributed by atoms with E-state index in [-0.39, 0.29) is 11.7 Å². The van der Waals surface area contributed by atoms with E-state index in [9.17, 15) is 9.90 Å². The first-order valence-corrected chi connectivity index (χ1v) is 6.32. The van der Waals surface area contributed by atoms with Gasteiger partial charge in [0.25, 0.3) is 5.91 Å². The van der Waals surface area contributed by atoms with Crippen molar-refractivity contribution in [2.45, 2.75) is 0 Å². The molecule has 0 atom stereocenters. The molecule has 0 saturated carbocycles. The fourth-order valence-electron chi connectivity index (χ4n) is 2.15. The Morgan fingerprint density at radius 1 is 0.900 bits per heavy atom. The molecule has 0 unspecified atom stereocenters. The van der Waals surface area contributed by atoms with Crippen LogP contribution in [0.15, 0.2) is 66.7 Å². The first kappa shape index (κ1) is 12.2. The Balaban J connectivity index is 1.99. The van der Waals surface area contributed by atoms with Crippen LogP contribution in [0, 0.1) is 0 Å². The van der Waals surface area contributed by atoms with Crippen LogP contribution in [0.5, 0.6) is 5.75 Å². The highest BCUT2D eigenvalue weighted by Gasteiger charge is 2.08. The summed E-state index contributed by atoms with van der Waals surface area (Å²) >= 11 is 0. The molecule has 3 aromatic rings. The summed E-state index contributed by atoms with van der Waals surface area (Å²) < 4.78 is 0. The molecule has 0 fully saturated rings. The summed E-state index contributed by atoms with van der Waals surface area (Å²) in [6, 6.07) is 19.8. The lowest BCUT2D eigenvalue weighted by Gasteiger charge is -2.09. The minimum absolute atomic E-state index is 0.165. The van der Waals surface area contributed by atoms with E-state index in [0.29, 0.717) is 11.3 Å². The number of rotatable bonds is 2. The van der Waals surface area contributed by atoms with Gasteiger partial charge in [-0.25, -0.2) is 0 Å². The Morgan fingerprint density at radius 3 is 2.50 bits per heavy atom. The molecular weight excluding hydrogens is 250 g/mol. The van der Waals surface area contributed by atoms with Crippen molar-refractivity contribution in [1.82, 2.24) is 0 Å². The maximum atomic E-state index is 12.2. The lowest BCUT2D eigenvalue weighted by molar-refractivity contribution is 0.102. The highest BCUT2D eigenvalue weighted by molar-refractivity contribution is 6.09. The quantitative estimate of drug-likeness (QED) is 0.738. The molecule has 3 aromatic carbocycles. The molecule has 1 amide bonds. The number of phenols is 1. The number of carbonyl (C=O) groups excluding carboxylic acids is 1. The number of fused-ring (bicyclic) bond motifs is 1. The highest BCUT2D eigenvalue weighted by Crippen LogP contribution is 2.27. The molecule has 0 heterocycles. The molecule has 0 aliphatic carbocycles. The number of amides is 1. The van der Waals surface area contributed by atoms with Crippen LogP contribution >= 0.6 is 0 Å². The van der Waals surface area contributed by atoms with Gasteiger partial charge in [0.2, 0.25) is 0 Å². The van der Waals surface area contributed by atoms with Gasteiger partial charge in [0.1, 0.15) is 5.75 Å². The molecule has 2 N–H and O–H groups in total. The number of anilines is 1. The summed E-state index contributed by atoms with van der Waals surface area (Å²) in [5.41, 5.74) is 1.29. The van der Waals surface area contributed by atoms with E-state index in [4.69, 9.17) is 0 Å². The molecule has 0 aliphatic heterocycles. The van der Waals surface area contributed by atoms with Gasteiger partial charge >= 0.3 is 0 Å². The number of aromatic hydroxyl groups is 1. The molecule has 0 aromatic heterocycles. The second-order valence-corrected chi connectivity index (χ2v) is 4.53. The van der Waals surface area contributed by atoms with E-state index in [1.54, 1.807) is 24.3 Å². The topological polar surface area (TPSA) is 49.3 Å². The average Bonchev–Trinajstić information content (AvgIpc) is 2.49. The fraction of sp³-hybridized carbons (Fsp3) is 0. The molecule has 3 heteroatoms. The number of carbonyl (C=O) groups is 1. The van der Waals surface area contributed by atoms with Crippen molar-refractivity contribution in [3.8, 4) is 5.75 Å². The van der Waals surface area contributed by atoms with Crippen molar-refractivity contribution in [2.75, 3.05) is 5.32 Å². The van der Waals surface area contributed by atoms with Crippen molar-refractivity contribution in [3.05, 3.63) is 72.3 Å². The van der Waals surface area contributed by atoms with Crippen LogP contribution in [0.25, 0.3) is 10.8 Å². The monoisotopic (exact) mass is 263 g/mol. The molecule has 3 rings (SSSR count). The lowest BCUT2D eigenvalue weighted by atomic mass is 10.1. The van der Waals surface area contributed by atoms with Crippen LogP contribution in [-0.2, 0) is 0 Å². The van der Waals surface area contributed by atoms with Crippen molar-refractivity contribution in [2.24, 2.45) is 0 Å². The first-order chi connectivity index (χ1) is 9.74. The Hall–Kier alpha value is -2.81. The Bertz CT molecular complexity index is 766. The van der Waals surface area contributed by atoms with Gasteiger partial charge in [0, 0.05) is 16.6 Å². The zero-order valence-electron chi connectivity index (χ0n) is 10.7. The number of phenolic OH excluding ortho intramolecular Hbond substituents is 1. The largest absolute Gasteiger partial charge is 0.508 e. The molecule has 0 bridgehead atoms. The van der Waals surface area contributed by atoms with Gasteiger partial charge in [0.15, 0.2) is 0 Å². The molecule has 98 valence electrons. The third-order valence-electron chi connectivity index (χ3n) is 3.15. The van der Waals surface area contributed by atoms with Crippen molar-refractivity contribution < 1.29 is 9.90 Å². The fourth-order valence-corrected chi connectivity index (χ4v) is 2.15. The normalized spacial score (nSPS) is 10.4. The summed E-state index contributed by atoms with van der Waals surface area (Å²) in [7, 11) is 0. The number of hydrogen-bond acceptors (Lipinski definition) is 2. The smallest absolute Gasteiger partial charge is 0.255 e. The standard InChI is InChI=1S/C17H13NO2/c19-14-10-9-12-7-4-8-16(15(12)11-14)18-17(20)13-5-2-1-3-6-13/h1-11,19H,(H,18,20). The van der Waals surface area contributed by atoms with Gasteiger partial charge in [-0.15, -0.1) is 0 Å². The SMILES string of the molecule is O=C(Nc1cccc2ccc(O)cc12)c1ccccc1. The Kier molecular flexibility index (Phi) is 3.09. The van der Waals surface area contributed by atoms with E-state index in [0.717, 1.165) is 10.8 Å². The summed E-state index contributed by atoms with van der Waals surface area (Å²) in [6.45, 7) is 0. The summed E-state index contributed by atoms with van der Waals surface area (Å²) in [6.07, 6.45) is 0. The zero-order chi connectivity index (χ0) is 13.9. The third kappa shape index (κ3) is 2.34. The van der Waals surface area contributed by atoms with Crippen molar-refractivity contribution >= 4 is 22.4 Å². The van der Waals surface area contributed by atoms with Gasteiger partial charge in [-0.1, -0.05) is 36.4 Å². The summed E-state index contributed by atoms with van der Waals surface area (Å²) in [4.78, 5) is 12.2. The summed E-state index contributed by atoms with van der Waals surface area (Å²) in [5.74, 6) is 0.0142. The minimum Gasteiger partial charge on any atom is -0.508 e. The molecule has 0 aliphatic rings. The van der Waals surface area contributed by atoms with E-state index in [2.05, 4.69) is 5.32 Å². The lowest BCUT2D eigenvalue weighted by Crippen LogP contribution is -2.11. The molecule has 3 nitrogen and oxygen atoms in total. The molecule has 0 radical (unpaired) electrons. The van der Waals surface area contributed by atoms with Gasteiger partial charge in [-0.05, 0) is 35.7 Å². The second-order valence-electron chi connectivity index (χ2n) is 4.53. The molecule has 20 heavy (non-hydrogen) atoms. The molecular formula is C17H13NO2. The van der Waals surface area contributed by atoms with E-state index in [1.165, 1.54) is 0 Å². The van der Waals surface area contributed by atoms with Crippen LogP contribution < -0.4 is 5.32 Å². The predicted molar refractivity (Wildman–Crippen MR) is 80.0 cm³/mol.